The second-order valence-corrected chi connectivity index (χ2v) is 13.9. The Bertz CT molecular complexity index is 358. The standard InChI is InChI=1S/C12H23ClN2O4S4/c1-12(2,3)19-11(17)15-5-9-23(22-20-7-4-14)21-8-6-18-10(13)16/h4-9,14H2,1-3H3/p+1. The quantitative estimate of drug-likeness (QED) is 0.226. The summed E-state index contributed by atoms with van der Waals surface area (Å²) in [5.41, 5.74) is 4.19. The Morgan fingerprint density at radius 2 is 2.00 bits per heavy atom. The molecule has 1 amide bonds. The Morgan fingerprint density at radius 3 is 2.57 bits per heavy atom. The van der Waals surface area contributed by atoms with Crippen LogP contribution in [0.4, 0.5) is 9.59 Å². The normalized spacial score (nSPS) is 12.6. The molecule has 3 N–H and O–H groups in total. The molecule has 0 aliphatic carbocycles. The number of rotatable bonds is 11. The number of hydrogen-bond acceptors (Lipinski definition) is 8. The number of amides is 1. The fourth-order valence-electron chi connectivity index (χ4n) is 1.05. The van der Waals surface area contributed by atoms with E-state index in [1.165, 1.54) is 0 Å². The van der Waals surface area contributed by atoms with Gasteiger partial charge < -0.3 is 20.5 Å². The third kappa shape index (κ3) is 17.0. The van der Waals surface area contributed by atoms with E-state index in [0.29, 0.717) is 18.8 Å². The van der Waals surface area contributed by atoms with Gasteiger partial charge in [0.1, 0.15) is 32.0 Å². The lowest BCUT2D eigenvalue weighted by molar-refractivity contribution is 0.0531. The number of halogens is 1. The third-order valence-electron chi connectivity index (χ3n) is 1.78. The van der Waals surface area contributed by atoms with E-state index >= 15 is 0 Å². The highest BCUT2D eigenvalue weighted by molar-refractivity contribution is 9.23. The molecule has 0 radical (unpaired) electrons. The molecule has 1 atom stereocenters. The summed E-state index contributed by atoms with van der Waals surface area (Å²) in [5, 5.41) is 2.75. The van der Waals surface area contributed by atoms with Crippen LogP contribution in [0.5, 0.6) is 0 Å². The summed E-state index contributed by atoms with van der Waals surface area (Å²) in [6, 6.07) is 0. The van der Waals surface area contributed by atoms with Gasteiger partial charge in [0.05, 0.1) is 12.3 Å². The van der Waals surface area contributed by atoms with Crippen molar-refractivity contribution in [2.75, 3.05) is 37.0 Å². The minimum atomic E-state index is -0.790. The van der Waals surface area contributed by atoms with E-state index < -0.39 is 17.1 Å². The molecule has 0 heterocycles. The predicted molar refractivity (Wildman–Crippen MR) is 105 cm³/mol. The first-order valence-electron chi connectivity index (χ1n) is 6.88. The Labute approximate surface area is 156 Å². The van der Waals surface area contributed by atoms with Gasteiger partial charge in [0.2, 0.25) is 0 Å². The van der Waals surface area contributed by atoms with Crippen LogP contribution in [0.1, 0.15) is 20.8 Å². The summed E-state index contributed by atoms with van der Waals surface area (Å²) in [4.78, 5) is 22.1. The van der Waals surface area contributed by atoms with Crippen molar-refractivity contribution in [2.24, 2.45) is 5.73 Å². The largest absolute Gasteiger partial charge is 0.453 e. The lowest BCUT2D eigenvalue weighted by atomic mass is 10.2. The van der Waals surface area contributed by atoms with E-state index in [9.17, 15) is 9.59 Å². The molecule has 0 saturated carbocycles. The molecule has 0 spiro atoms. The van der Waals surface area contributed by atoms with Crippen molar-refractivity contribution in [1.29, 1.82) is 0 Å². The number of carbonyl (C=O) groups is 2. The van der Waals surface area contributed by atoms with Crippen molar-refractivity contribution in [3.05, 3.63) is 0 Å². The molecule has 0 aromatic rings. The Balaban J connectivity index is 4.03. The van der Waals surface area contributed by atoms with Crippen molar-refractivity contribution in [1.82, 2.24) is 5.32 Å². The van der Waals surface area contributed by atoms with Crippen LogP contribution in [0.2, 0.25) is 0 Å². The Kier molecular flexibility index (Phi) is 13.9. The number of nitrogens with two attached hydrogens (primary N) is 1. The maximum absolute atomic E-state index is 11.6. The van der Waals surface area contributed by atoms with Gasteiger partial charge in [0.15, 0.2) is 15.6 Å². The zero-order valence-corrected chi connectivity index (χ0v) is 17.5. The topological polar surface area (TPSA) is 90.6 Å². The Morgan fingerprint density at radius 1 is 1.30 bits per heavy atom. The van der Waals surface area contributed by atoms with Crippen molar-refractivity contribution < 1.29 is 19.1 Å². The average Bonchev–Trinajstić information content (AvgIpc) is 2.40. The zero-order chi connectivity index (χ0) is 17.7. The highest BCUT2D eigenvalue weighted by atomic mass is 35.5. The second kappa shape index (κ2) is 13.7. The number of hydrogen-bond donors (Lipinski definition) is 2. The van der Waals surface area contributed by atoms with E-state index in [1.807, 2.05) is 20.8 Å². The molecule has 0 aromatic carbocycles. The monoisotopic (exact) mass is 423 g/mol. The van der Waals surface area contributed by atoms with Gasteiger partial charge in [0, 0.05) is 23.9 Å². The summed E-state index contributed by atoms with van der Waals surface area (Å²) in [6.45, 7) is 6.90. The molecule has 0 aliphatic heterocycles. The van der Waals surface area contributed by atoms with Crippen LogP contribution in [0.25, 0.3) is 0 Å². The number of nitrogens with one attached hydrogen (secondary N) is 1. The number of carbonyl (C=O) groups excluding carboxylic acids is 2. The van der Waals surface area contributed by atoms with E-state index in [0.717, 1.165) is 11.5 Å². The second-order valence-electron chi connectivity index (χ2n) is 5.02. The van der Waals surface area contributed by atoms with Gasteiger partial charge in [-0.05, 0) is 31.6 Å². The lowest BCUT2D eigenvalue weighted by Gasteiger charge is -2.19. The molecule has 0 rings (SSSR count). The van der Waals surface area contributed by atoms with Gasteiger partial charge in [-0.2, -0.15) is 0 Å². The maximum Gasteiger partial charge on any atom is 0.407 e. The minimum absolute atomic E-state index is 0.0442. The summed E-state index contributed by atoms with van der Waals surface area (Å²) in [5.74, 6) is 2.32. The van der Waals surface area contributed by atoms with Gasteiger partial charge in [-0.1, -0.05) is 0 Å². The average molecular weight is 424 g/mol. The summed E-state index contributed by atoms with van der Waals surface area (Å²) < 4.78 is 9.89. The van der Waals surface area contributed by atoms with Crippen molar-refractivity contribution >= 4 is 63.5 Å². The van der Waals surface area contributed by atoms with Crippen LogP contribution in [0, 0.1) is 0 Å². The molecule has 1 unspecified atom stereocenters. The summed E-state index contributed by atoms with van der Waals surface area (Å²) in [6.07, 6.45) is -0.415. The number of alkyl carbamates (subject to hydrolysis) is 1. The van der Waals surface area contributed by atoms with Gasteiger partial charge in [-0.25, -0.2) is 9.59 Å². The molecule has 0 fully saturated rings. The zero-order valence-electron chi connectivity index (χ0n) is 13.5. The minimum Gasteiger partial charge on any atom is -0.453 e. The third-order valence-corrected chi connectivity index (χ3v) is 11.8. The Hall–Kier alpha value is 0.390. The first-order valence-corrected chi connectivity index (χ1v) is 13.0. The van der Waals surface area contributed by atoms with Crippen LogP contribution in [0.15, 0.2) is 0 Å². The SMILES string of the molecule is CC(C)(C)OC(=O)NCC[S+](SCCOC(=O)Cl)SSCCN. The molecule has 0 saturated heterocycles. The molecule has 0 bridgehead atoms. The highest BCUT2D eigenvalue weighted by Crippen LogP contribution is 2.37. The van der Waals surface area contributed by atoms with E-state index in [1.54, 1.807) is 31.4 Å². The van der Waals surface area contributed by atoms with Crippen molar-refractivity contribution in [2.45, 2.75) is 26.4 Å². The summed E-state index contributed by atoms with van der Waals surface area (Å²) in [7, 11) is 5.07. The fourth-order valence-corrected chi connectivity index (χ4v) is 10.3. The smallest absolute Gasteiger partial charge is 0.407 e. The molecule has 0 aromatic heterocycles. The highest BCUT2D eigenvalue weighted by Gasteiger charge is 2.24. The predicted octanol–water partition coefficient (Wildman–Crippen LogP) is 3.41. The van der Waals surface area contributed by atoms with E-state index in [-0.39, 0.29) is 15.6 Å². The van der Waals surface area contributed by atoms with Crippen LogP contribution >= 0.6 is 43.0 Å². The van der Waals surface area contributed by atoms with Gasteiger partial charge >= 0.3 is 11.5 Å². The molecule has 136 valence electrons. The van der Waals surface area contributed by atoms with Crippen LogP contribution in [0.3, 0.4) is 0 Å². The molecular weight excluding hydrogens is 400 g/mol. The van der Waals surface area contributed by atoms with Gasteiger partial charge in [0.25, 0.3) is 0 Å². The van der Waals surface area contributed by atoms with Crippen LogP contribution in [-0.2, 0) is 18.4 Å². The van der Waals surface area contributed by atoms with E-state index in [2.05, 4.69) is 5.32 Å². The molecule has 0 aliphatic rings. The number of ether oxygens (including phenoxy) is 2. The fraction of sp³-hybridized carbons (Fsp3) is 0.833. The molecule has 23 heavy (non-hydrogen) atoms. The van der Waals surface area contributed by atoms with Crippen molar-refractivity contribution in [3.63, 3.8) is 0 Å². The van der Waals surface area contributed by atoms with Crippen molar-refractivity contribution in [3.8, 4) is 0 Å². The van der Waals surface area contributed by atoms with Crippen LogP contribution < -0.4 is 11.1 Å². The molecular formula is C12H24ClN2O4S4+. The first-order chi connectivity index (χ1) is 10.7. The molecule has 11 heteroatoms. The first kappa shape index (κ1) is 23.4. The maximum atomic E-state index is 11.6. The van der Waals surface area contributed by atoms with E-state index in [4.69, 9.17) is 26.8 Å². The lowest BCUT2D eigenvalue weighted by Crippen LogP contribution is -2.34. The van der Waals surface area contributed by atoms with Crippen LogP contribution in [-0.4, -0.2) is 54.1 Å². The molecule has 6 nitrogen and oxygen atoms in total. The van der Waals surface area contributed by atoms with Gasteiger partial charge in [-0.15, -0.1) is 0 Å². The van der Waals surface area contributed by atoms with Gasteiger partial charge in [-0.3, -0.25) is 0 Å². The summed E-state index contributed by atoms with van der Waals surface area (Å²) >= 11 is 5.11.